The van der Waals surface area contributed by atoms with Gasteiger partial charge in [-0.15, -0.1) is 0 Å². The van der Waals surface area contributed by atoms with Crippen molar-refractivity contribution in [2.75, 3.05) is 30.0 Å². The zero-order valence-electron chi connectivity index (χ0n) is 9.97. The number of nitrogens with one attached hydrogen (secondary N) is 1. The van der Waals surface area contributed by atoms with Gasteiger partial charge in [0.25, 0.3) is 5.91 Å². The molecule has 1 aliphatic heterocycles. The number of rotatable bonds is 2. The molecule has 19 heavy (non-hydrogen) atoms. The quantitative estimate of drug-likeness (QED) is 0.555. The van der Waals surface area contributed by atoms with E-state index in [2.05, 4.69) is 10.4 Å². The molecule has 0 saturated carbocycles. The summed E-state index contributed by atoms with van der Waals surface area (Å²) in [7, 11) is -3.09. The Kier molecular flexibility index (Phi) is 3.67. The molecule has 1 aliphatic rings. The number of sulfone groups is 1. The zero-order valence-corrected chi connectivity index (χ0v) is 10.8. The summed E-state index contributed by atoms with van der Waals surface area (Å²) in [5, 5.41) is 0. The van der Waals surface area contributed by atoms with E-state index >= 15 is 0 Å². The summed E-state index contributed by atoms with van der Waals surface area (Å²) in [6, 6.07) is 1.24. The second-order valence-corrected chi connectivity index (χ2v) is 6.41. The highest BCUT2D eigenvalue weighted by atomic mass is 32.2. The van der Waals surface area contributed by atoms with Crippen molar-refractivity contribution >= 4 is 21.6 Å². The van der Waals surface area contributed by atoms with E-state index in [-0.39, 0.29) is 36.0 Å². The van der Waals surface area contributed by atoms with E-state index in [0.717, 1.165) is 0 Å². The molecule has 0 bridgehead atoms. The minimum absolute atomic E-state index is 0.0638. The van der Waals surface area contributed by atoms with Crippen molar-refractivity contribution in [2.24, 2.45) is 5.84 Å². The number of amides is 1. The third-order valence-corrected chi connectivity index (χ3v) is 4.50. The normalized spacial score (nSPS) is 18.1. The van der Waals surface area contributed by atoms with Crippen LogP contribution < -0.4 is 11.3 Å². The number of hydrogen-bond donors (Lipinski definition) is 2. The summed E-state index contributed by atoms with van der Waals surface area (Å²) in [5.41, 5.74) is 1.88. The number of hydrogen-bond acceptors (Lipinski definition) is 6. The Morgan fingerprint density at radius 2 is 2.05 bits per heavy atom. The summed E-state index contributed by atoms with van der Waals surface area (Å²) >= 11 is 0. The Bertz CT molecular complexity index is 591. The molecule has 1 fully saturated rings. The monoisotopic (exact) mass is 288 g/mol. The fourth-order valence-corrected chi connectivity index (χ4v) is 3.00. The van der Waals surface area contributed by atoms with Gasteiger partial charge in [-0.3, -0.25) is 4.79 Å². The van der Waals surface area contributed by atoms with E-state index < -0.39 is 21.6 Å². The Hall–Kier alpha value is -1.74. The third-order valence-electron chi connectivity index (χ3n) is 2.89. The van der Waals surface area contributed by atoms with Crippen LogP contribution in [-0.2, 0) is 9.84 Å². The number of anilines is 1. The highest BCUT2D eigenvalue weighted by Gasteiger charge is 2.27. The lowest BCUT2D eigenvalue weighted by molar-refractivity contribution is 0.0765. The Balaban J connectivity index is 2.21. The Labute approximate surface area is 109 Å². The van der Waals surface area contributed by atoms with Crippen molar-refractivity contribution in [3.05, 3.63) is 23.6 Å². The molecule has 0 atom stereocenters. The number of aromatic nitrogens is 1. The van der Waals surface area contributed by atoms with E-state index in [1.165, 1.54) is 17.2 Å². The van der Waals surface area contributed by atoms with Crippen LogP contribution in [0.25, 0.3) is 0 Å². The van der Waals surface area contributed by atoms with Crippen LogP contribution in [0, 0.1) is 5.82 Å². The van der Waals surface area contributed by atoms with Crippen molar-refractivity contribution in [2.45, 2.75) is 0 Å². The lowest BCUT2D eigenvalue weighted by atomic mass is 10.2. The molecule has 2 heterocycles. The minimum atomic E-state index is -3.09. The van der Waals surface area contributed by atoms with Crippen LogP contribution in [0.3, 0.4) is 0 Å². The number of hydrazine groups is 1. The van der Waals surface area contributed by atoms with Gasteiger partial charge in [-0.2, -0.15) is 0 Å². The van der Waals surface area contributed by atoms with Crippen molar-refractivity contribution in [3.8, 4) is 0 Å². The molecule has 0 aromatic carbocycles. The van der Waals surface area contributed by atoms with Gasteiger partial charge in [0.15, 0.2) is 21.5 Å². The van der Waals surface area contributed by atoms with Gasteiger partial charge >= 0.3 is 0 Å². The van der Waals surface area contributed by atoms with Crippen molar-refractivity contribution in [3.63, 3.8) is 0 Å². The molecule has 3 N–H and O–H groups in total. The largest absolute Gasteiger partial charge is 0.337 e. The number of nitrogens with two attached hydrogens (primary N) is 1. The van der Waals surface area contributed by atoms with Crippen LogP contribution in [0.1, 0.15) is 10.4 Å². The molecular weight excluding hydrogens is 275 g/mol. The summed E-state index contributed by atoms with van der Waals surface area (Å²) < 4.78 is 36.4. The van der Waals surface area contributed by atoms with E-state index in [4.69, 9.17) is 5.84 Å². The first-order chi connectivity index (χ1) is 8.94. The molecular formula is C10H13FN4O3S. The lowest BCUT2D eigenvalue weighted by Gasteiger charge is -2.26. The molecule has 1 aromatic rings. The molecule has 7 nitrogen and oxygen atoms in total. The predicted octanol–water partition coefficient (Wildman–Crippen LogP) is -0.623. The lowest BCUT2D eigenvalue weighted by Crippen LogP contribution is -2.44. The van der Waals surface area contributed by atoms with Gasteiger partial charge in [0.2, 0.25) is 0 Å². The van der Waals surface area contributed by atoms with Gasteiger partial charge in [0, 0.05) is 19.3 Å². The van der Waals surface area contributed by atoms with Crippen molar-refractivity contribution < 1.29 is 17.6 Å². The van der Waals surface area contributed by atoms with Crippen LogP contribution in [0.4, 0.5) is 10.2 Å². The van der Waals surface area contributed by atoms with Crippen LogP contribution in [0.2, 0.25) is 0 Å². The van der Waals surface area contributed by atoms with Gasteiger partial charge in [0.1, 0.15) is 0 Å². The summed E-state index contributed by atoms with van der Waals surface area (Å²) in [5.74, 6) is 3.24. The first kappa shape index (κ1) is 13.7. The van der Waals surface area contributed by atoms with Crippen LogP contribution in [0.15, 0.2) is 12.3 Å². The van der Waals surface area contributed by atoms with Crippen LogP contribution >= 0.6 is 0 Å². The molecule has 0 aliphatic carbocycles. The molecule has 2 rings (SSSR count). The molecule has 0 unspecified atom stereocenters. The molecule has 0 spiro atoms. The summed E-state index contributed by atoms with van der Waals surface area (Å²) in [6.45, 7) is 0.128. The number of halogens is 1. The molecule has 9 heteroatoms. The standard InChI is InChI=1S/C10H13FN4O3S/c11-8-7(1-2-13-9(8)14-12)10(16)15-3-5-19(17,18)6-4-15/h1-2H,3-6,12H2,(H,13,14). The smallest absolute Gasteiger partial charge is 0.257 e. The van der Waals surface area contributed by atoms with E-state index in [1.807, 2.05) is 0 Å². The third kappa shape index (κ3) is 2.82. The number of carbonyl (C=O) groups excluding carboxylic acids is 1. The highest BCUT2D eigenvalue weighted by Crippen LogP contribution is 2.17. The average Bonchev–Trinajstić information content (AvgIpc) is 2.38. The second-order valence-electron chi connectivity index (χ2n) is 4.11. The summed E-state index contributed by atoms with van der Waals surface area (Å²) in [6.07, 6.45) is 1.26. The van der Waals surface area contributed by atoms with Crippen molar-refractivity contribution in [1.82, 2.24) is 9.88 Å². The van der Waals surface area contributed by atoms with Gasteiger partial charge in [-0.05, 0) is 6.07 Å². The number of pyridine rings is 1. The second kappa shape index (κ2) is 5.10. The predicted molar refractivity (Wildman–Crippen MR) is 66.6 cm³/mol. The van der Waals surface area contributed by atoms with Gasteiger partial charge in [-0.1, -0.05) is 0 Å². The van der Waals surface area contributed by atoms with E-state index in [1.54, 1.807) is 0 Å². The molecule has 0 radical (unpaired) electrons. The Morgan fingerprint density at radius 3 is 2.63 bits per heavy atom. The van der Waals surface area contributed by atoms with E-state index in [9.17, 15) is 17.6 Å². The van der Waals surface area contributed by atoms with Crippen molar-refractivity contribution in [1.29, 1.82) is 0 Å². The molecule has 1 saturated heterocycles. The van der Waals surface area contributed by atoms with Crippen LogP contribution in [0.5, 0.6) is 0 Å². The molecule has 1 amide bonds. The number of nitrogen functional groups attached to an aromatic ring is 1. The summed E-state index contributed by atoms with van der Waals surface area (Å²) in [4.78, 5) is 17.0. The molecule has 1 aromatic heterocycles. The van der Waals surface area contributed by atoms with E-state index in [0.29, 0.717) is 0 Å². The maximum Gasteiger partial charge on any atom is 0.257 e. The highest BCUT2D eigenvalue weighted by molar-refractivity contribution is 7.91. The number of nitrogens with zero attached hydrogens (tertiary/aromatic N) is 2. The topological polar surface area (TPSA) is 105 Å². The van der Waals surface area contributed by atoms with Gasteiger partial charge < -0.3 is 10.3 Å². The van der Waals surface area contributed by atoms with Gasteiger partial charge in [-0.25, -0.2) is 23.6 Å². The number of carbonyl (C=O) groups is 1. The average molecular weight is 288 g/mol. The molecule has 104 valence electrons. The zero-order chi connectivity index (χ0) is 14.0. The maximum absolute atomic E-state index is 13.9. The van der Waals surface area contributed by atoms with Crippen LogP contribution in [-0.4, -0.2) is 48.8 Å². The SMILES string of the molecule is NNc1nccc(C(=O)N2CCS(=O)(=O)CC2)c1F. The van der Waals surface area contributed by atoms with Gasteiger partial charge in [0.05, 0.1) is 17.1 Å². The fourth-order valence-electron chi connectivity index (χ4n) is 1.80. The maximum atomic E-state index is 13.9. The minimum Gasteiger partial charge on any atom is -0.337 e. The fraction of sp³-hybridized carbons (Fsp3) is 0.400. The first-order valence-corrected chi connectivity index (χ1v) is 7.37. The first-order valence-electron chi connectivity index (χ1n) is 5.55. The Morgan fingerprint density at radius 1 is 1.42 bits per heavy atom.